The SMILES string of the molecule is COc1cc(C=O)ccc1C1(C)N=CN=N1. The van der Waals surface area contributed by atoms with Crippen LogP contribution in [0, 0.1) is 0 Å². The summed E-state index contributed by atoms with van der Waals surface area (Å²) in [5, 5.41) is 7.78. The van der Waals surface area contributed by atoms with Crippen LogP contribution in [0.15, 0.2) is 33.4 Å². The minimum Gasteiger partial charge on any atom is -0.496 e. The topological polar surface area (TPSA) is 63.4 Å². The van der Waals surface area contributed by atoms with E-state index in [1.165, 1.54) is 6.34 Å². The van der Waals surface area contributed by atoms with Gasteiger partial charge in [-0.3, -0.25) is 4.79 Å². The molecule has 1 atom stereocenters. The van der Waals surface area contributed by atoms with Crippen molar-refractivity contribution in [1.82, 2.24) is 0 Å². The van der Waals surface area contributed by atoms with E-state index in [0.717, 1.165) is 11.8 Å². The second kappa shape index (κ2) is 3.84. The van der Waals surface area contributed by atoms with Crippen LogP contribution in [0.3, 0.4) is 0 Å². The molecule has 0 radical (unpaired) electrons. The zero-order chi connectivity index (χ0) is 11.6. The summed E-state index contributed by atoms with van der Waals surface area (Å²) in [6.45, 7) is 1.83. The average molecular weight is 217 g/mol. The Kier molecular flexibility index (Phi) is 2.52. The molecule has 0 N–H and O–H groups in total. The van der Waals surface area contributed by atoms with Crippen LogP contribution >= 0.6 is 0 Å². The van der Waals surface area contributed by atoms with E-state index in [4.69, 9.17) is 4.74 Å². The third kappa shape index (κ3) is 1.60. The van der Waals surface area contributed by atoms with Gasteiger partial charge in [0.25, 0.3) is 0 Å². The number of benzene rings is 1. The highest BCUT2D eigenvalue weighted by Gasteiger charge is 2.30. The lowest BCUT2D eigenvalue weighted by Gasteiger charge is -2.19. The molecule has 5 heteroatoms. The van der Waals surface area contributed by atoms with Crippen molar-refractivity contribution in [2.24, 2.45) is 15.2 Å². The van der Waals surface area contributed by atoms with Crippen molar-refractivity contribution >= 4 is 12.6 Å². The van der Waals surface area contributed by atoms with Gasteiger partial charge < -0.3 is 4.74 Å². The van der Waals surface area contributed by atoms with Crippen LogP contribution in [-0.4, -0.2) is 19.7 Å². The number of carbonyl (C=O) groups excluding carboxylic acids is 1. The first-order chi connectivity index (χ1) is 7.69. The second-order valence-corrected chi connectivity index (χ2v) is 3.56. The summed E-state index contributed by atoms with van der Waals surface area (Å²) in [7, 11) is 1.55. The molecule has 2 rings (SSSR count). The normalized spacial score (nSPS) is 22.4. The fraction of sp³-hybridized carbons (Fsp3) is 0.273. The average Bonchev–Trinajstić information content (AvgIpc) is 2.76. The highest BCUT2D eigenvalue weighted by Crippen LogP contribution is 2.36. The molecule has 1 aliphatic rings. The summed E-state index contributed by atoms with van der Waals surface area (Å²) in [5.41, 5.74) is 0.605. The predicted molar refractivity (Wildman–Crippen MR) is 59.1 cm³/mol. The number of methoxy groups -OCH3 is 1. The Bertz CT molecular complexity index is 468. The lowest BCUT2D eigenvalue weighted by Crippen LogP contribution is -2.14. The van der Waals surface area contributed by atoms with E-state index in [9.17, 15) is 4.79 Å². The first-order valence-corrected chi connectivity index (χ1v) is 4.79. The maximum atomic E-state index is 10.7. The Hall–Kier alpha value is -2.04. The standard InChI is InChI=1S/C11H11N3O2/c1-11(12-7-13-14-11)9-4-3-8(6-15)5-10(9)16-2/h3-7H,1-2H3. The zero-order valence-corrected chi connectivity index (χ0v) is 9.04. The van der Waals surface area contributed by atoms with E-state index in [1.807, 2.05) is 6.92 Å². The van der Waals surface area contributed by atoms with Crippen LogP contribution < -0.4 is 4.74 Å². The van der Waals surface area contributed by atoms with Crippen molar-refractivity contribution < 1.29 is 9.53 Å². The molecule has 0 amide bonds. The van der Waals surface area contributed by atoms with E-state index in [2.05, 4.69) is 15.2 Å². The largest absolute Gasteiger partial charge is 0.496 e. The zero-order valence-electron chi connectivity index (χ0n) is 9.04. The molecule has 5 nitrogen and oxygen atoms in total. The van der Waals surface area contributed by atoms with Crippen molar-refractivity contribution in [3.05, 3.63) is 29.3 Å². The van der Waals surface area contributed by atoms with E-state index in [-0.39, 0.29) is 0 Å². The molecule has 0 saturated heterocycles. The van der Waals surface area contributed by atoms with E-state index >= 15 is 0 Å². The molecule has 0 aromatic heterocycles. The number of hydrogen-bond donors (Lipinski definition) is 0. The number of carbonyl (C=O) groups is 1. The molecule has 0 saturated carbocycles. The summed E-state index contributed by atoms with van der Waals surface area (Å²) in [6, 6.07) is 5.15. The lowest BCUT2D eigenvalue weighted by molar-refractivity contribution is 0.112. The summed E-state index contributed by atoms with van der Waals surface area (Å²) in [6.07, 6.45) is 2.18. The summed E-state index contributed by atoms with van der Waals surface area (Å²) in [5.74, 6) is 0.588. The maximum absolute atomic E-state index is 10.7. The molecule has 1 aromatic carbocycles. The molecule has 0 fully saturated rings. The van der Waals surface area contributed by atoms with Gasteiger partial charge in [0, 0.05) is 11.1 Å². The fourth-order valence-corrected chi connectivity index (χ4v) is 1.60. The summed E-state index contributed by atoms with van der Waals surface area (Å²) in [4.78, 5) is 14.8. The van der Waals surface area contributed by atoms with Crippen LogP contribution in [0.2, 0.25) is 0 Å². The summed E-state index contributed by atoms with van der Waals surface area (Å²) < 4.78 is 5.23. The maximum Gasteiger partial charge on any atom is 0.198 e. The first kappa shape index (κ1) is 10.5. The molecule has 16 heavy (non-hydrogen) atoms. The molecule has 0 aliphatic carbocycles. The fourth-order valence-electron chi connectivity index (χ4n) is 1.60. The molecule has 1 heterocycles. The van der Waals surface area contributed by atoms with Gasteiger partial charge in [0.15, 0.2) is 5.66 Å². The minimum atomic E-state index is -0.743. The Morgan fingerprint density at radius 3 is 2.81 bits per heavy atom. The second-order valence-electron chi connectivity index (χ2n) is 3.56. The number of ether oxygens (including phenoxy) is 1. The van der Waals surface area contributed by atoms with Gasteiger partial charge >= 0.3 is 0 Å². The van der Waals surface area contributed by atoms with Crippen LogP contribution in [0.25, 0.3) is 0 Å². The van der Waals surface area contributed by atoms with Gasteiger partial charge in [0.2, 0.25) is 0 Å². The van der Waals surface area contributed by atoms with Crippen LogP contribution in [0.1, 0.15) is 22.8 Å². The molecule has 0 bridgehead atoms. The Labute approximate surface area is 92.9 Å². The predicted octanol–water partition coefficient (Wildman–Crippen LogP) is 2.17. The monoisotopic (exact) mass is 217 g/mol. The minimum absolute atomic E-state index is 0.558. The number of rotatable bonds is 3. The van der Waals surface area contributed by atoms with Gasteiger partial charge in [0.1, 0.15) is 18.4 Å². The highest BCUT2D eigenvalue weighted by molar-refractivity contribution is 5.76. The molecular formula is C11H11N3O2. The van der Waals surface area contributed by atoms with Gasteiger partial charge in [-0.1, -0.05) is 12.1 Å². The van der Waals surface area contributed by atoms with Gasteiger partial charge in [-0.05, 0) is 13.0 Å². The third-order valence-corrected chi connectivity index (χ3v) is 2.49. The number of azo groups is 1. The number of hydrogen-bond acceptors (Lipinski definition) is 5. The van der Waals surface area contributed by atoms with Crippen LogP contribution in [0.5, 0.6) is 5.75 Å². The van der Waals surface area contributed by atoms with Crippen molar-refractivity contribution in [2.45, 2.75) is 12.6 Å². The molecule has 82 valence electrons. The van der Waals surface area contributed by atoms with Gasteiger partial charge in [-0.25, -0.2) is 4.99 Å². The third-order valence-electron chi connectivity index (χ3n) is 2.49. The number of aliphatic imine (C=N–C) groups is 1. The van der Waals surface area contributed by atoms with Crippen molar-refractivity contribution in [1.29, 1.82) is 0 Å². The highest BCUT2D eigenvalue weighted by atomic mass is 16.5. The van der Waals surface area contributed by atoms with E-state index in [1.54, 1.807) is 25.3 Å². The van der Waals surface area contributed by atoms with E-state index < -0.39 is 5.66 Å². The van der Waals surface area contributed by atoms with Crippen molar-refractivity contribution in [3.63, 3.8) is 0 Å². The number of nitrogens with zero attached hydrogens (tertiary/aromatic N) is 3. The molecular weight excluding hydrogens is 206 g/mol. The van der Waals surface area contributed by atoms with Crippen LogP contribution in [-0.2, 0) is 5.66 Å². The summed E-state index contributed by atoms with van der Waals surface area (Å²) >= 11 is 0. The Morgan fingerprint density at radius 2 is 2.25 bits per heavy atom. The molecule has 0 spiro atoms. The Morgan fingerprint density at radius 1 is 1.44 bits per heavy atom. The molecule has 1 aromatic rings. The number of aldehydes is 1. The quantitative estimate of drug-likeness (QED) is 0.728. The first-order valence-electron chi connectivity index (χ1n) is 4.79. The molecule has 1 aliphatic heterocycles. The Balaban J connectivity index is 2.52. The lowest BCUT2D eigenvalue weighted by atomic mass is 10.0. The molecule has 1 unspecified atom stereocenters. The van der Waals surface area contributed by atoms with Crippen LogP contribution in [0.4, 0.5) is 0 Å². The van der Waals surface area contributed by atoms with Crippen molar-refractivity contribution in [3.8, 4) is 5.75 Å². The van der Waals surface area contributed by atoms with Gasteiger partial charge in [0.05, 0.1) is 7.11 Å². The smallest absolute Gasteiger partial charge is 0.198 e. The van der Waals surface area contributed by atoms with E-state index in [0.29, 0.717) is 11.3 Å². The van der Waals surface area contributed by atoms with Crippen molar-refractivity contribution in [2.75, 3.05) is 7.11 Å². The van der Waals surface area contributed by atoms with Gasteiger partial charge in [-0.2, -0.15) is 5.11 Å². The van der Waals surface area contributed by atoms with Gasteiger partial charge in [-0.15, -0.1) is 5.11 Å².